The van der Waals surface area contributed by atoms with Gasteiger partial charge in [-0.15, -0.1) is 6.08 Å². The molecule has 0 aromatic heterocycles. The van der Waals surface area contributed by atoms with Crippen molar-refractivity contribution in [1.29, 1.82) is 0 Å². The van der Waals surface area contributed by atoms with Gasteiger partial charge in [-0.05, 0) is 24.1 Å². The van der Waals surface area contributed by atoms with E-state index in [-0.39, 0.29) is 0 Å². The molecule has 0 fully saturated rings. The quantitative estimate of drug-likeness (QED) is 0.451. The first-order chi connectivity index (χ1) is 4.47. The molecule has 0 nitrogen and oxygen atoms in total. The van der Waals surface area contributed by atoms with Gasteiger partial charge in [-0.2, -0.15) is 0 Å². The van der Waals surface area contributed by atoms with Crippen LogP contribution in [0.2, 0.25) is 0 Å². The van der Waals surface area contributed by atoms with Gasteiger partial charge >= 0.3 is 0 Å². The van der Waals surface area contributed by atoms with Gasteiger partial charge < -0.3 is 0 Å². The van der Waals surface area contributed by atoms with Gasteiger partial charge in [-0.3, -0.25) is 0 Å². The highest BCUT2D eigenvalue weighted by Crippen LogP contribution is 2.14. The maximum Gasteiger partial charge on any atom is 0.0275 e. The summed E-state index contributed by atoms with van der Waals surface area (Å²) in [6.07, 6.45) is 6.20. The Morgan fingerprint density at radius 3 is 3.44 bits per heavy atom. The number of hydrogen-bond donors (Lipinski definition) is 0. The molecule has 1 aliphatic carbocycles. The molecule has 0 N–H and O–H groups in total. The zero-order valence-electron chi connectivity index (χ0n) is 5.02. The number of rotatable bonds is 0. The summed E-state index contributed by atoms with van der Waals surface area (Å²) >= 11 is 0. The zero-order chi connectivity index (χ0) is 6.10. The Balaban J connectivity index is 2.63. The fourth-order valence-corrected chi connectivity index (χ4v) is 1.04. The third-order valence-electron chi connectivity index (χ3n) is 1.51. The first-order valence-corrected chi connectivity index (χ1v) is 3.04. The normalized spacial score (nSPS) is 12.9. The third kappa shape index (κ3) is 0.647. The maximum absolute atomic E-state index is 3.12. The second kappa shape index (κ2) is 1.68. The molecule has 0 heteroatoms. The van der Waals surface area contributed by atoms with Crippen LogP contribution in [0.25, 0.3) is 0 Å². The van der Waals surface area contributed by atoms with Crippen LogP contribution < -0.4 is 0 Å². The summed E-state index contributed by atoms with van der Waals surface area (Å²) in [5.74, 6) is 0. The minimum absolute atomic E-state index is 1.03. The Kier molecular flexibility index (Phi) is 0.881. The summed E-state index contributed by atoms with van der Waals surface area (Å²) in [4.78, 5) is 0. The van der Waals surface area contributed by atoms with Crippen LogP contribution in [-0.2, 0) is 6.42 Å². The number of fused-ring (bicyclic) bond motifs is 1. The molecule has 0 saturated carbocycles. The molecular weight excluding hydrogens is 108 g/mol. The van der Waals surface area contributed by atoms with Crippen LogP contribution in [0.1, 0.15) is 11.1 Å². The van der Waals surface area contributed by atoms with Crippen LogP contribution in [0.3, 0.4) is 0 Å². The molecular formula is C9H6. The molecule has 1 aliphatic rings. The molecule has 0 radical (unpaired) electrons. The Morgan fingerprint density at radius 2 is 2.56 bits per heavy atom. The molecule has 0 atom stereocenters. The van der Waals surface area contributed by atoms with Crippen molar-refractivity contribution in [3.05, 3.63) is 47.5 Å². The minimum Gasteiger partial charge on any atom is -0.116 e. The largest absolute Gasteiger partial charge is 0.116 e. The molecule has 0 unspecified atom stereocenters. The molecule has 1 aromatic carbocycles. The van der Waals surface area contributed by atoms with Gasteiger partial charge in [-0.25, -0.2) is 0 Å². The fourth-order valence-electron chi connectivity index (χ4n) is 1.04. The lowest BCUT2D eigenvalue weighted by Gasteiger charge is -1.91. The maximum atomic E-state index is 3.12. The van der Waals surface area contributed by atoms with E-state index in [2.05, 4.69) is 18.2 Å². The van der Waals surface area contributed by atoms with Gasteiger partial charge in [-0.1, -0.05) is 18.2 Å². The molecule has 0 bridgehead atoms. The summed E-state index contributed by atoms with van der Waals surface area (Å²) in [5.41, 5.74) is 2.48. The van der Waals surface area contributed by atoms with E-state index < -0.39 is 0 Å². The summed E-state index contributed by atoms with van der Waals surface area (Å²) in [6.45, 7) is 0. The molecule has 9 heavy (non-hydrogen) atoms. The Hall–Kier alpha value is -1.13. The second-order valence-electron chi connectivity index (χ2n) is 2.12. The molecule has 0 amide bonds. The summed E-state index contributed by atoms with van der Waals surface area (Å²) in [5, 5.41) is 0. The molecule has 2 rings (SSSR count). The highest BCUT2D eigenvalue weighted by molar-refractivity contribution is 5.37. The standard InChI is InChI=1S/C9H6/c1-2-5-9-7-3-6-8(9)4-1/h1-4H,6H2. The van der Waals surface area contributed by atoms with Crippen LogP contribution in [0.5, 0.6) is 0 Å². The smallest absolute Gasteiger partial charge is 0.0275 e. The number of benzene rings is 1. The van der Waals surface area contributed by atoms with Gasteiger partial charge in [0, 0.05) is 5.56 Å². The molecule has 0 heterocycles. The van der Waals surface area contributed by atoms with E-state index in [0.29, 0.717) is 0 Å². The Bertz CT molecular complexity index is 246. The van der Waals surface area contributed by atoms with Gasteiger partial charge in [0.15, 0.2) is 0 Å². The van der Waals surface area contributed by atoms with E-state index in [4.69, 9.17) is 0 Å². The van der Waals surface area contributed by atoms with E-state index in [0.717, 1.165) is 12.0 Å². The van der Waals surface area contributed by atoms with Crippen LogP contribution in [-0.4, -0.2) is 0 Å². The monoisotopic (exact) mass is 114 g/mol. The van der Waals surface area contributed by atoms with E-state index in [1.807, 2.05) is 18.2 Å². The zero-order valence-corrected chi connectivity index (χ0v) is 5.02. The van der Waals surface area contributed by atoms with Gasteiger partial charge in [0.2, 0.25) is 0 Å². The third-order valence-corrected chi connectivity index (χ3v) is 1.51. The lowest BCUT2D eigenvalue weighted by Crippen LogP contribution is -1.78. The van der Waals surface area contributed by atoms with Crippen molar-refractivity contribution in [3.8, 4) is 0 Å². The number of allylic oxidation sites excluding steroid dienone is 1. The van der Waals surface area contributed by atoms with Crippen LogP contribution in [0.4, 0.5) is 0 Å². The van der Waals surface area contributed by atoms with Crippen molar-refractivity contribution >= 4 is 0 Å². The minimum atomic E-state index is 1.03. The van der Waals surface area contributed by atoms with Crippen LogP contribution in [0, 0.1) is 12.1 Å². The lowest BCUT2D eigenvalue weighted by molar-refractivity contribution is 1.31. The average molecular weight is 114 g/mol. The summed E-state index contributed by atoms with van der Waals surface area (Å²) < 4.78 is 0. The topological polar surface area (TPSA) is 0 Å². The average Bonchev–Trinajstić information content (AvgIpc) is 2.33. The predicted molar refractivity (Wildman–Crippen MR) is 35.9 cm³/mol. The summed E-state index contributed by atoms with van der Waals surface area (Å²) in [7, 11) is 0. The molecule has 42 valence electrons. The van der Waals surface area contributed by atoms with E-state index in [9.17, 15) is 0 Å². The van der Waals surface area contributed by atoms with Gasteiger partial charge in [0.1, 0.15) is 0 Å². The SMILES string of the molecule is [C+]1=CCc2ccc[c-]c21. The Morgan fingerprint density at radius 1 is 1.56 bits per heavy atom. The molecule has 0 saturated heterocycles. The first kappa shape index (κ1) is 4.72. The second-order valence-corrected chi connectivity index (χ2v) is 2.12. The van der Waals surface area contributed by atoms with Crippen molar-refractivity contribution in [2.45, 2.75) is 6.42 Å². The van der Waals surface area contributed by atoms with Crippen molar-refractivity contribution in [3.63, 3.8) is 0 Å². The van der Waals surface area contributed by atoms with Crippen LogP contribution >= 0.6 is 0 Å². The van der Waals surface area contributed by atoms with Gasteiger partial charge in [0.25, 0.3) is 0 Å². The lowest BCUT2D eigenvalue weighted by atomic mass is 10.1. The number of hydrogen-bond acceptors (Lipinski definition) is 0. The predicted octanol–water partition coefficient (Wildman–Crippen LogP) is 1.75. The van der Waals surface area contributed by atoms with Crippen molar-refractivity contribution < 1.29 is 0 Å². The Labute approximate surface area is 54.8 Å². The molecule has 0 spiro atoms. The fraction of sp³-hybridized carbons (Fsp3) is 0.111. The molecule has 1 aromatic rings. The van der Waals surface area contributed by atoms with Crippen molar-refractivity contribution in [1.82, 2.24) is 0 Å². The van der Waals surface area contributed by atoms with Crippen molar-refractivity contribution in [2.75, 3.05) is 0 Å². The van der Waals surface area contributed by atoms with E-state index >= 15 is 0 Å². The molecule has 0 aliphatic heterocycles. The van der Waals surface area contributed by atoms with E-state index in [1.165, 1.54) is 5.56 Å². The summed E-state index contributed by atoms with van der Waals surface area (Å²) in [6, 6.07) is 9.16. The highest BCUT2D eigenvalue weighted by Gasteiger charge is 2.01. The van der Waals surface area contributed by atoms with Crippen LogP contribution in [0.15, 0.2) is 24.3 Å². The van der Waals surface area contributed by atoms with E-state index in [1.54, 1.807) is 0 Å². The van der Waals surface area contributed by atoms with Gasteiger partial charge in [0.05, 0.1) is 0 Å². The van der Waals surface area contributed by atoms with Crippen molar-refractivity contribution in [2.24, 2.45) is 0 Å². The highest BCUT2D eigenvalue weighted by atomic mass is 14.0. The first-order valence-electron chi connectivity index (χ1n) is 3.04.